The minimum Gasteiger partial charge on any atom is -0.332 e. The molecule has 0 radical (unpaired) electrons. The Balaban J connectivity index is 1.70. The van der Waals surface area contributed by atoms with Gasteiger partial charge in [0.15, 0.2) is 10.9 Å². The number of aryl methyl sites for hydroxylation is 1. The maximum Gasteiger partial charge on any atom is 0.176 e. The molecule has 0 aliphatic carbocycles. The van der Waals surface area contributed by atoms with Crippen LogP contribution in [0.1, 0.15) is 11.1 Å². The molecule has 3 aromatic rings. The summed E-state index contributed by atoms with van der Waals surface area (Å²) >= 11 is 17.5. The lowest BCUT2D eigenvalue weighted by Crippen LogP contribution is -2.19. The van der Waals surface area contributed by atoms with E-state index in [9.17, 15) is 4.39 Å². The molecule has 0 fully saturated rings. The molecular formula is C18H15Cl2FN4S. The highest BCUT2D eigenvalue weighted by Gasteiger charge is 2.12. The molecule has 1 heterocycles. The number of benzene rings is 2. The van der Waals surface area contributed by atoms with Crippen molar-refractivity contribution in [3.63, 3.8) is 0 Å². The van der Waals surface area contributed by atoms with Gasteiger partial charge in [-0.3, -0.25) is 4.68 Å². The molecule has 1 aromatic heterocycles. The molecule has 0 atom stereocenters. The third-order valence-corrected chi connectivity index (χ3v) is 4.48. The minimum absolute atomic E-state index is 0.158. The van der Waals surface area contributed by atoms with Gasteiger partial charge in [-0.05, 0) is 43.4 Å². The van der Waals surface area contributed by atoms with E-state index in [1.165, 1.54) is 10.7 Å². The predicted molar refractivity (Wildman–Crippen MR) is 109 cm³/mol. The molecule has 0 unspecified atom stereocenters. The van der Waals surface area contributed by atoms with Gasteiger partial charge in [0.05, 0.1) is 6.54 Å². The summed E-state index contributed by atoms with van der Waals surface area (Å²) in [5.74, 6) is -0.0149. The van der Waals surface area contributed by atoms with Crippen molar-refractivity contribution in [2.45, 2.75) is 13.5 Å². The Hall–Kier alpha value is -2.15. The van der Waals surface area contributed by atoms with E-state index in [4.69, 9.17) is 35.4 Å². The lowest BCUT2D eigenvalue weighted by Gasteiger charge is -2.09. The van der Waals surface area contributed by atoms with E-state index in [2.05, 4.69) is 15.7 Å². The van der Waals surface area contributed by atoms with Gasteiger partial charge in [0.25, 0.3) is 0 Å². The molecule has 0 aliphatic rings. The van der Waals surface area contributed by atoms with Gasteiger partial charge in [-0.2, -0.15) is 5.10 Å². The van der Waals surface area contributed by atoms with Crippen molar-refractivity contribution in [1.29, 1.82) is 0 Å². The summed E-state index contributed by atoms with van der Waals surface area (Å²) in [5, 5.41) is 11.3. The molecule has 0 spiro atoms. The summed E-state index contributed by atoms with van der Waals surface area (Å²) in [6.45, 7) is 2.17. The summed E-state index contributed by atoms with van der Waals surface area (Å²) < 4.78 is 15.4. The average molecular weight is 409 g/mol. The molecule has 0 aliphatic heterocycles. The van der Waals surface area contributed by atoms with Gasteiger partial charge in [0.2, 0.25) is 0 Å². The van der Waals surface area contributed by atoms with Crippen molar-refractivity contribution in [3.8, 4) is 0 Å². The van der Waals surface area contributed by atoms with Crippen molar-refractivity contribution in [2.24, 2.45) is 0 Å². The molecule has 8 heteroatoms. The number of hydrogen-bond donors (Lipinski definition) is 2. The summed E-state index contributed by atoms with van der Waals surface area (Å²) in [6, 6.07) is 12.3. The Morgan fingerprint density at radius 3 is 2.54 bits per heavy atom. The van der Waals surface area contributed by atoms with Crippen molar-refractivity contribution in [1.82, 2.24) is 9.78 Å². The van der Waals surface area contributed by atoms with Crippen LogP contribution in [-0.2, 0) is 6.54 Å². The van der Waals surface area contributed by atoms with Crippen molar-refractivity contribution in [2.75, 3.05) is 10.6 Å². The maximum atomic E-state index is 13.9. The van der Waals surface area contributed by atoms with Crippen LogP contribution in [0.2, 0.25) is 10.0 Å². The van der Waals surface area contributed by atoms with Gasteiger partial charge < -0.3 is 10.6 Å². The SMILES string of the molecule is Cc1ccc(NC(=S)Nc2nn(Cc3c(F)cccc3Cl)cc2Cl)cc1. The van der Waals surface area contributed by atoms with E-state index in [1.54, 1.807) is 18.3 Å². The normalized spacial score (nSPS) is 10.6. The molecular weight excluding hydrogens is 394 g/mol. The highest BCUT2D eigenvalue weighted by atomic mass is 35.5. The van der Waals surface area contributed by atoms with Gasteiger partial charge >= 0.3 is 0 Å². The Labute approximate surface area is 165 Å². The van der Waals surface area contributed by atoms with Crippen LogP contribution in [0.5, 0.6) is 0 Å². The van der Waals surface area contributed by atoms with Crippen LogP contribution < -0.4 is 10.6 Å². The van der Waals surface area contributed by atoms with Gasteiger partial charge in [-0.15, -0.1) is 0 Å². The lowest BCUT2D eigenvalue weighted by atomic mass is 10.2. The number of hydrogen-bond acceptors (Lipinski definition) is 2. The van der Waals surface area contributed by atoms with E-state index < -0.39 is 5.82 Å². The maximum absolute atomic E-state index is 13.9. The number of halogens is 3. The molecule has 3 rings (SSSR count). The van der Waals surface area contributed by atoms with Gasteiger partial charge in [0.1, 0.15) is 10.8 Å². The first-order chi connectivity index (χ1) is 12.4. The first-order valence-corrected chi connectivity index (χ1v) is 8.89. The molecule has 134 valence electrons. The summed E-state index contributed by atoms with van der Waals surface area (Å²) in [5.41, 5.74) is 2.35. The fourth-order valence-corrected chi connectivity index (χ4v) is 2.95. The van der Waals surface area contributed by atoms with E-state index >= 15 is 0 Å². The van der Waals surface area contributed by atoms with Gasteiger partial charge in [0, 0.05) is 22.5 Å². The van der Waals surface area contributed by atoms with Gasteiger partial charge in [-0.25, -0.2) is 4.39 Å². The van der Waals surface area contributed by atoms with Gasteiger partial charge in [-0.1, -0.05) is 47.0 Å². The molecule has 0 bridgehead atoms. The number of anilines is 2. The molecule has 26 heavy (non-hydrogen) atoms. The van der Waals surface area contributed by atoms with Crippen LogP contribution in [0.4, 0.5) is 15.9 Å². The summed E-state index contributed by atoms with van der Waals surface area (Å²) in [6.07, 6.45) is 1.58. The second-order valence-corrected chi connectivity index (χ2v) is 6.89. The average Bonchev–Trinajstić information content (AvgIpc) is 2.93. The fourth-order valence-electron chi connectivity index (χ4n) is 2.31. The zero-order valence-corrected chi connectivity index (χ0v) is 16.1. The molecule has 2 N–H and O–H groups in total. The van der Waals surface area contributed by atoms with E-state index in [1.807, 2.05) is 31.2 Å². The first-order valence-electron chi connectivity index (χ1n) is 7.73. The number of aromatic nitrogens is 2. The Morgan fingerprint density at radius 2 is 1.85 bits per heavy atom. The van der Waals surface area contributed by atoms with Crippen LogP contribution in [0.3, 0.4) is 0 Å². The third kappa shape index (κ3) is 4.52. The fraction of sp³-hybridized carbons (Fsp3) is 0.111. The highest BCUT2D eigenvalue weighted by Crippen LogP contribution is 2.24. The highest BCUT2D eigenvalue weighted by molar-refractivity contribution is 7.80. The number of thiocarbonyl (C=S) groups is 1. The predicted octanol–water partition coefficient (Wildman–Crippen LogP) is 5.49. The van der Waals surface area contributed by atoms with E-state index in [0.29, 0.717) is 26.5 Å². The Bertz CT molecular complexity index is 921. The van der Waals surface area contributed by atoms with Crippen molar-refractivity contribution >= 4 is 52.0 Å². The molecule has 0 saturated carbocycles. The van der Waals surface area contributed by atoms with E-state index in [-0.39, 0.29) is 6.54 Å². The Morgan fingerprint density at radius 1 is 1.12 bits per heavy atom. The quantitative estimate of drug-likeness (QED) is 0.559. The number of rotatable bonds is 4. The number of nitrogens with zero attached hydrogens (tertiary/aromatic N) is 2. The number of nitrogens with one attached hydrogen (secondary N) is 2. The van der Waals surface area contributed by atoms with Crippen molar-refractivity contribution in [3.05, 3.63) is 75.7 Å². The monoisotopic (exact) mass is 408 g/mol. The van der Waals surface area contributed by atoms with Crippen LogP contribution >= 0.6 is 35.4 Å². The van der Waals surface area contributed by atoms with E-state index in [0.717, 1.165) is 11.3 Å². The zero-order valence-electron chi connectivity index (χ0n) is 13.8. The molecule has 2 aromatic carbocycles. The second kappa shape index (κ2) is 8.03. The summed E-state index contributed by atoms with van der Waals surface area (Å²) in [7, 11) is 0. The van der Waals surface area contributed by atoms with Crippen LogP contribution in [-0.4, -0.2) is 14.9 Å². The third-order valence-electron chi connectivity index (χ3n) is 3.64. The van der Waals surface area contributed by atoms with Crippen LogP contribution in [0.15, 0.2) is 48.7 Å². The standard InChI is InChI=1S/C18H15Cl2FN4S/c1-11-5-7-12(8-6-11)22-18(26)23-17-15(20)10-25(24-17)9-13-14(19)3-2-4-16(13)21/h2-8,10H,9H2,1H3,(H2,22,23,24,26). The second-order valence-electron chi connectivity index (χ2n) is 5.67. The molecule has 0 saturated heterocycles. The lowest BCUT2D eigenvalue weighted by molar-refractivity contribution is 0.586. The minimum atomic E-state index is -0.393. The summed E-state index contributed by atoms with van der Waals surface area (Å²) in [4.78, 5) is 0. The first kappa shape index (κ1) is 18.6. The smallest absolute Gasteiger partial charge is 0.176 e. The Kier molecular flexibility index (Phi) is 5.76. The van der Waals surface area contributed by atoms with Crippen molar-refractivity contribution < 1.29 is 4.39 Å². The largest absolute Gasteiger partial charge is 0.332 e. The van der Waals surface area contributed by atoms with Crippen LogP contribution in [0.25, 0.3) is 0 Å². The molecule has 0 amide bonds. The van der Waals surface area contributed by atoms with Crippen LogP contribution in [0, 0.1) is 12.7 Å². The molecule has 4 nitrogen and oxygen atoms in total. The topological polar surface area (TPSA) is 41.9 Å². The zero-order chi connectivity index (χ0) is 18.7.